The molecular weight excluding hydrogens is 162 g/mol. The Morgan fingerprint density at radius 1 is 1.69 bits per heavy atom. The third-order valence-corrected chi connectivity index (χ3v) is 2.56. The fourth-order valence-electron chi connectivity index (χ4n) is 1.71. The minimum Gasteiger partial charge on any atom is -0.402 e. The second-order valence-electron chi connectivity index (χ2n) is 3.89. The fraction of sp³-hybridized carbons (Fsp3) is 0.500. The Morgan fingerprint density at radius 2 is 2.38 bits per heavy atom. The van der Waals surface area contributed by atoms with Crippen LogP contribution in [0.3, 0.4) is 0 Å². The van der Waals surface area contributed by atoms with Gasteiger partial charge in [0.05, 0.1) is 0 Å². The van der Waals surface area contributed by atoms with Gasteiger partial charge in [-0.05, 0) is 37.7 Å². The van der Waals surface area contributed by atoms with Crippen molar-refractivity contribution in [3.63, 3.8) is 0 Å². The number of nitrogens with two attached hydrogens (primary N) is 1. The Balaban J connectivity index is 2.17. The Morgan fingerprint density at radius 3 is 2.92 bits per heavy atom. The second-order valence-corrected chi connectivity index (χ2v) is 3.89. The van der Waals surface area contributed by atoms with Gasteiger partial charge in [-0.2, -0.15) is 0 Å². The zero-order valence-corrected chi connectivity index (χ0v) is 7.85. The molecule has 70 valence electrons. The van der Waals surface area contributed by atoms with Crippen molar-refractivity contribution in [1.29, 1.82) is 5.41 Å². The molecule has 1 saturated carbocycles. The molecule has 1 heterocycles. The number of allylic oxidation sites excluding steroid dienone is 1. The summed E-state index contributed by atoms with van der Waals surface area (Å²) in [5.74, 6) is 1.30. The van der Waals surface area contributed by atoms with Crippen LogP contribution in [0.2, 0.25) is 0 Å². The van der Waals surface area contributed by atoms with Crippen LogP contribution >= 0.6 is 0 Å². The number of nitrogens with one attached hydrogen (secondary N) is 2. The molecule has 3 nitrogen and oxygen atoms in total. The quantitative estimate of drug-likeness (QED) is 0.598. The average molecular weight is 177 g/mol. The Hall–Kier alpha value is -1.25. The lowest BCUT2D eigenvalue weighted by atomic mass is 10.0. The van der Waals surface area contributed by atoms with Gasteiger partial charge in [-0.15, -0.1) is 0 Å². The summed E-state index contributed by atoms with van der Waals surface area (Å²) in [5.41, 5.74) is 8.62. The number of rotatable bonds is 2. The SMILES string of the molecule is C/C(N)=C1\C(=N)NC=C1CC1CC1. The summed E-state index contributed by atoms with van der Waals surface area (Å²) in [6.07, 6.45) is 5.68. The highest BCUT2D eigenvalue weighted by molar-refractivity contribution is 6.03. The monoisotopic (exact) mass is 177 g/mol. The number of hydrogen-bond acceptors (Lipinski definition) is 2. The molecule has 0 unspecified atom stereocenters. The molecule has 0 aromatic carbocycles. The summed E-state index contributed by atoms with van der Waals surface area (Å²) in [4.78, 5) is 0. The van der Waals surface area contributed by atoms with E-state index >= 15 is 0 Å². The van der Waals surface area contributed by atoms with Gasteiger partial charge in [0, 0.05) is 17.5 Å². The van der Waals surface area contributed by atoms with Crippen LogP contribution in [-0.4, -0.2) is 5.84 Å². The van der Waals surface area contributed by atoms with E-state index in [1.807, 2.05) is 13.1 Å². The van der Waals surface area contributed by atoms with E-state index in [4.69, 9.17) is 11.1 Å². The van der Waals surface area contributed by atoms with Crippen LogP contribution in [0.15, 0.2) is 23.0 Å². The Bertz CT molecular complexity index is 304. The summed E-state index contributed by atoms with van der Waals surface area (Å²) in [7, 11) is 0. The van der Waals surface area contributed by atoms with E-state index in [0.29, 0.717) is 5.84 Å². The van der Waals surface area contributed by atoms with Gasteiger partial charge in [-0.25, -0.2) is 0 Å². The van der Waals surface area contributed by atoms with Crippen LogP contribution in [0.5, 0.6) is 0 Å². The van der Waals surface area contributed by atoms with Crippen LogP contribution < -0.4 is 11.1 Å². The summed E-state index contributed by atoms with van der Waals surface area (Å²) >= 11 is 0. The highest BCUT2D eigenvalue weighted by Crippen LogP contribution is 2.38. The molecule has 0 radical (unpaired) electrons. The molecule has 2 rings (SSSR count). The number of hydrogen-bond donors (Lipinski definition) is 3. The predicted molar refractivity (Wildman–Crippen MR) is 53.2 cm³/mol. The number of amidine groups is 1. The van der Waals surface area contributed by atoms with Gasteiger partial charge < -0.3 is 11.1 Å². The molecule has 0 aromatic heterocycles. The van der Waals surface area contributed by atoms with Crippen LogP contribution in [0.1, 0.15) is 26.2 Å². The largest absolute Gasteiger partial charge is 0.402 e. The lowest BCUT2D eigenvalue weighted by molar-refractivity contribution is 0.830. The van der Waals surface area contributed by atoms with Gasteiger partial charge in [0.1, 0.15) is 5.84 Å². The van der Waals surface area contributed by atoms with E-state index < -0.39 is 0 Å². The third-order valence-electron chi connectivity index (χ3n) is 2.56. The molecule has 0 amide bonds. The molecule has 3 heteroatoms. The Labute approximate surface area is 78.2 Å². The van der Waals surface area contributed by atoms with Gasteiger partial charge >= 0.3 is 0 Å². The second kappa shape index (κ2) is 2.91. The van der Waals surface area contributed by atoms with Gasteiger partial charge in [-0.3, -0.25) is 5.41 Å². The van der Waals surface area contributed by atoms with Crippen molar-refractivity contribution >= 4 is 5.84 Å². The molecule has 2 aliphatic rings. The lowest BCUT2D eigenvalue weighted by Gasteiger charge is -2.05. The first kappa shape index (κ1) is 8.35. The summed E-state index contributed by atoms with van der Waals surface area (Å²) < 4.78 is 0. The molecule has 4 N–H and O–H groups in total. The van der Waals surface area contributed by atoms with E-state index in [0.717, 1.165) is 23.6 Å². The van der Waals surface area contributed by atoms with E-state index in [2.05, 4.69) is 5.32 Å². The molecular formula is C10H15N3. The van der Waals surface area contributed by atoms with Crippen LogP contribution in [0, 0.1) is 11.3 Å². The molecule has 0 bridgehead atoms. The maximum Gasteiger partial charge on any atom is 0.131 e. The maximum absolute atomic E-state index is 7.63. The van der Waals surface area contributed by atoms with Crippen molar-refractivity contribution in [2.24, 2.45) is 11.7 Å². The van der Waals surface area contributed by atoms with Crippen molar-refractivity contribution in [2.45, 2.75) is 26.2 Å². The first-order valence-corrected chi connectivity index (χ1v) is 4.69. The zero-order valence-electron chi connectivity index (χ0n) is 7.85. The highest BCUT2D eigenvalue weighted by Gasteiger charge is 2.27. The van der Waals surface area contributed by atoms with Crippen molar-refractivity contribution < 1.29 is 0 Å². The minimum atomic E-state index is 0.454. The van der Waals surface area contributed by atoms with Gasteiger partial charge in [0.15, 0.2) is 0 Å². The van der Waals surface area contributed by atoms with Crippen LogP contribution in [-0.2, 0) is 0 Å². The van der Waals surface area contributed by atoms with Crippen molar-refractivity contribution in [3.05, 3.63) is 23.0 Å². The summed E-state index contributed by atoms with van der Waals surface area (Å²) in [6.45, 7) is 1.86. The standard InChI is InChI=1S/C10H15N3/c1-6(11)9-8(4-7-2-3-7)5-13-10(9)12/h5,7H,2-4,11H2,1H3,(H2,12,13)/b9-6+. The van der Waals surface area contributed by atoms with Crippen molar-refractivity contribution in [1.82, 2.24) is 5.32 Å². The van der Waals surface area contributed by atoms with Crippen LogP contribution in [0.25, 0.3) is 0 Å². The molecule has 13 heavy (non-hydrogen) atoms. The summed E-state index contributed by atoms with van der Waals surface area (Å²) in [6, 6.07) is 0. The van der Waals surface area contributed by atoms with Crippen molar-refractivity contribution in [3.8, 4) is 0 Å². The molecule has 0 saturated heterocycles. The zero-order chi connectivity index (χ0) is 9.42. The van der Waals surface area contributed by atoms with E-state index in [-0.39, 0.29) is 0 Å². The lowest BCUT2D eigenvalue weighted by Crippen LogP contribution is -2.14. The molecule has 0 spiro atoms. The van der Waals surface area contributed by atoms with E-state index in [1.54, 1.807) is 0 Å². The predicted octanol–water partition coefficient (Wildman–Crippen LogP) is 1.48. The highest BCUT2D eigenvalue weighted by atomic mass is 14.9. The third kappa shape index (κ3) is 1.59. The molecule has 0 aromatic rings. The summed E-state index contributed by atoms with van der Waals surface area (Å²) in [5, 5.41) is 10.5. The van der Waals surface area contributed by atoms with Crippen LogP contribution in [0.4, 0.5) is 0 Å². The average Bonchev–Trinajstić information content (AvgIpc) is 2.76. The fourth-order valence-corrected chi connectivity index (χ4v) is 1.71. The smallest absolute Gasteiger partial charge is 0.131 e. The molecule has 1 aliphatic carbocycles. The Kier molecular flexibility index (Phi) is 1.87. The first-order chi connectivity index (χ1) is 6.18. The molecule has 1 aliphatic heterocycles. The molecule has 1 fully saturated rings. The molecule has 0 atom stereocenters. The normalized spacial score (nSPS) is 25.6. The van der Waals surface area contributed by atoms with E-state index in [9.17, 15) is 0 Å². The van der Waals surface area contributed by atoms with Gasteiger partial charge in [0.25, 0.3) is 0 Å². The van der Waals surface area contributed by atoms with Crippen molar-refractivity contribution in [2.75, 3.05) is 0 Å². The van der Waals surface area contributed by atoms with E-state index in [1.165, 1.54) is 18.4 Å². The minimum absolute atomic E-state index is 0.454. The topological polar surface area (TPSA) is 61.9 Å². The maximum atomic E-state index is 7.63. The first-order valence-electron chi connectivity index (χ1n) is 4.69. The van der Waals surface area contributed by atoms with Gasteiger partial charge in [0.2, 0.25) is 0 Å². The van der Waals surface area contributed by atoms with Gasteiger partial charge in [-0.1, -0.05) is 0 Å².